The van der Waals surface area contributed by atoms with Crippen LogP contribution < -0.4 is 15.4 Å². The van der Waals surface area contributed by atoms with E-state index in [1.807, 2.05) is 19.2 Å². The SMILES string of the molecule is CN=C(NCCc1c[nH]c2c(C)cccc12)NC1CCOc2ccccc21.I. The van der Waals surface area contributed by atoms with Crippen LogP contribution in [0.1, 0.15) is 29.2 Å². The van der Waals surface area contributed by atoms with Crippen molar-refractivity contribution < 1.29 is 4.74 Å². The fraction of sp³-hybridized carbons (Fsp3) is 0.318. The van der Waals surface area contributed by atoms with Crippen molar-refractivity contribution in [3.05, 3.63) is 65.4 Å². The summed E-state index contributed by atoms with van der Waals surface area (Å²) in [6, 6.07) is 14.9. The first-order chi connectivity index (χ1) is 13.3. The topological polar surface area (TPSA) is 61.4 Å². The summed E-state index contributed by atoms with van der Waals surface area (Å²) in [6.45, 7) is 3.68. The van der Waals surface area contributed by atoms with Crippen molar-refractivity contribution in [2.24, 2.45) is 4.99 Å². The van der Waals surface area contributed by atoms with Crippen molar-refractivity contribution in [3.63, 3.8) is 0 Å². The molecule has 6 heteroatoms. The molecule has 1 aliphatic rings. The number of hydrogen-bond acceptors (Lipinski definition) is 2. The molecular weight excluding hydrogens is 463 g/mol. The maximum atomic E-state index is 5.75. The lowest BCUT2D eigenvalue weighted by molar-refractivity contribution is 0.261. The molecule has 2 aromatic carbocycles. The summed E-state index contributed by atoms with van der Waals surface area (Å²) in [5.74, 6) is 1.79. The van der Waals surface area contributed by atoms with Crippen LogP contribution in [0.25, 0.3) is 10.9 Å². The van der Waals surface area contributed by atoms with Crippen molar-refractivity contribution in [2.45, 2.75) is 25.8 Å². The average molecular weight is 490 g/mol. The molecule has 1 atom stereocenters. The highest BCUT2D eigenvalue weighted by atomic mass is 127. The Bertz CT molecular complexity index is 966. The van der Waals surface area contributed by atoms with Gasteiger partial charge < -0.3 is 20.4 Å². The molecule has 0 saturated heterocycles. The smallest absolute Gasteiger partial charge is 0.191 e. The normalized spacial score (nSPS) is 16.1. The molecule has 3 N–H and O–H groups in total. The fourth-order valence-corrected chi connectivity index (χ4v) is 3.74. The monoisotopic (exact) mass is 490 g/mol. The number of halogens is 1. The molecule has 0 bridgehead atoms. The molecule has 1 unspecified atom stereocenters. The van der Waals surface area contributed by atoms with E-state index in [0.29, 0.717) is 0 Å². The molecule has 0 spiro atoms. The lowest BCUT2D eigenvalue weighted by Crippen LogP contribution is -2.41. The molecule has 3 aromatic rings. The molecule has 5 nitrogen and oxygen atoms in total. The third-order valence-corrected chi connectivity index (χ3v) is 5.19. The van der Waals surface area contributed by atoms with Crippen LogP contribution >= 0.6 is 24.0 Å². The molecule has 28 heavy (non-hydrogen) atoms. The number of para-hydroxylation sites is 2. The zero-order valence-electron chi connectivity index (χ0n) is 16.3. The molecule has 0 radical (unpaired) electrons. The Morgan fingerprint density at radius 2 is 2.07 bits per heavy atom. The number of guanidine groups is 1. The molecular formula is C22H27IN4O. The number of benzene rings is 2. The number of nitrogens with one attached hydrogen (secondary N) is 3. The summed E-state index contributed by atoms with van der Waals surface area (Å²) in [7, 11) is 1.82. The van der Waals surface area contributed by atoms with Gasteiger partial charge in [0.05, 0.1) is 12.6 Å². The van der Waals surface area contributed by atoms with Crippen molar-refractivity contribution in [1.82, 2.24) is 15.6 Å². The number of fused-ring (bicyclic) bond motifs is 2. The lowest BCUT2D eigenvalue weighted by atomic mass is 10.0. The van der Waals surface area contributed by atoms with Gasteiger partial charge in [0, 0.05) is 42.7 Å². The number of nitrogens with zero attached hydrogens (tertiary/aromatic N) is 1. The quantitative estimate of drug-likeness (QED) is 0.290. The van der Waals surface area contributed by atoms with Crippen molar-refractivity contribution in [2.75, 3.05) is 20.2 Å². The van der Waals surface area contributed by atoms with Gasteiger partial charge in [-0.3, -0.25) is 4.99 Å². The van der Waals surface area contributed by atoms with E-state index in [1.165, 1.54) is 27.6 Å². The Balaban J connectivity index is 0.00000225. The van der Waals surface area contributed by atoms with E-state index in [-0.39, 0.29) is 30.0 Å². The molecule has 1 aromatic heterocycles. The van der Waals surface area contributed by atoms with Crippen LogP contribution in [0.15, 0.2) is 53.7 Å². The molecule has 0 saturated carbocycles. The van der Waals surface area contributed by atoms with Gasteiger partial charge in [-0.1, -0.05) is 36.4 Å². The fourth-order valence-electron chi connectivity index (χ4n) is 3.74. The highest BCUT2D eigenvalue weighted by Gasteiger charge is 2.21. The van der Waals surface area contributed by atoms with Crippen LogP contribution in [0.4, 0.5) is 0 Å². The van der Waals surface area contributed by atoms with Crippen molar-refractivity contribution in [1.29, 1.82) is 0 Å². The van der Waals surface area contributed by atoms with Gasteiger partial charge in [-0.25, -0.2) is 0 Å². The van der Waals surface area contributed by atoms with Gasteiger partial charge in [0.25, 0.3) is 0 Å². The number of aryl methyl sites for hydroxylation is 1. The van der Waals surface area contributed by atoms with E-state index in [4.69, 9.17) is 4.74 Å². The summed E-state index contributed by atoms with van der Waals surface area (Å²) in [5, 5.41) is 8.29. The van der Waals surface area contributed by atoms with E-state index in [2.05, 4.69) is 64.1 Å². The van der Waals surface area contributed by atoms with Crippen LogP contribution in [0.5, 0.6) is 5.75 Å². The predicted molar refractivity (Wildman–Crippen MR) is 126 cm³/mol. The molecule has 148 valence electrons. The zero-order valence-corrected chi connectivity index (χ0v) is 18.6. The number of aromatic nitrogens is 1. The van der Waals surface area contributed by atoms with Gasteiger partial charge in [-0.2, -0.15) is 0 Å². The standard InChI is InChI=1S/C22H26N4O.HI/c1-15-6-5-8-17-16(14-25-21(15)17)10-12-24-22(23-2)26-19-11-13-27-20-9-4-3-7-18(19)20;/h3-9,14,19,25H,10-13H2,1-2H3,(H2,23,24,26);1H. The van der Waals surface area contributed by atoms with E-state index in [9.17, 15) is 0 Å². The van der Waals surface area contributed by atoms with Crippen LogP contribution in [0, 0.1) is 6.92 Å². The van der Waals surface area contributed by atoms with Gasteiger partial charge in [0.2, 0.25) is 0 Å². The van der Waals surface area contributed by atoms with Gasteiger partial charge in [0.1, 0.15) is 5.75 Å². The van der Waals surface area contributed by atoms with Gasteiger partial charge in [-0.15, -0.1) is 24.0 Å². The van der Waals surface area contributed by atoms with Crippen LogP contribution in [-0.2, 0) is 6.42 Å². The Labute approximate surface area is 183 Å². The Kier molecular flexibility index (Phi) is 6.83. The number of ether oxygens (including phenoxy) is 1. The molecule has 0 fully saturated rings. The second-order valence-corrected chi connectivity index (χ2v) is 6.93. The van der Waals surface area contributed by atoms with E-state index >= 15 is 0 Å². The maximum absolute atomic E-state index is 5.75. The van der Waals surface area contributed by atoms with E-state index in [0.717, 1.165) is 37.7 Å². The first-order valence-corrected chi connectivity index (χ1v) is 9.51. The first-order valence-electron chi connectivity index (χ1n) is 9.51. The summed E-state index contributed by atoms with van der Waals surface area (Å²) in [5.41, 5.74) is 5.03. The number of aliphatic imine (C=N–C) groups is 1. The van der Waals surface area contributed by atoms with Crippen LogP contribution in [0.2, 0.25) is 0 Å². The van der Waals surface area contributed by atoms with Crippen LogP contribution in [0.3, 0.4) is 0 Å². The first kappa shape index (κ1) is 20.5. The Morgan fingerprint density at radius 1 is 1.21 bits per heavy atom. The third-order valence-electron chi connectivity index (χ3n) is 5.19. The number of hydrogen-bond donors (Lipinski definition) is 3. The lowest BCUT2D eigenvalue weighted by Gasteiger charge is -2.28. The summed E-state index contributed by atoms with van der Waals surface area (Å²) >= 11 is 0. The third kappa shape index (κ3) is 4.27. The minimum atomic E-state index is 0. The van der Waals surface area contributed by atoms with E-state index in [1.54, 1.807) is 0 Å². The second-order valence-electron chi connectivity index (χ2n) is 6.93. The molecule has 1 aliphatic heterocycles. The second kappa shape index (κ2) is 9.32. The van der Waals surface area contributed by atoms with Gasteiger partial charge in [-0.05, 0) is 30.5 Å². The minimum Gasteiger partial charge on any atom is -0.493 e. The highest BCUT2D eigenvalue weighted by molar-refractivity contribution is 14.0. The maximum Gasteiger partial charge on any atom is 0.191 e. The largest absolute Gasteiger partial charge is 0.493 e. The summed E-state index contributed by atoms with van der Waals surface area (Å²) < 4.78 is 5.75. The molecule has 2 heterocycles. The van der Waals surface area contributed by atoms with Crippen molar-refractivity contribution >= 4 is 40.8 Å². The van der Waals surface area contributed by atoms with Gasteiger partial charge >= 0.3 is 0 Å². The predicted octanol–water partition coefficient (Wildman–Crippen LogP) is 4.33. The number of rotatable bonds is 4. The van der Waals surface area contributed by atoms with Crippen molar-refractivity contribution in [3.8, 4) is 5.75 Å². The molecule has 0 amide bonds. The zero-order chi connectivity index (χ0) is 18.6. The Hall–Kier alpha value is -2.22. The number of aromatic amines is 1. The highest BCUT2D eigenvalue weighted by Crippen LogP contribution is 2.31. The van der Waals surface area contributed by atoms with Crippen LogP contribution in [-0.4, -0.2) is 31.1 Å². The molecule has 4 rings (SSSR count). The average Bonchev–Trinajstić information content (AvgIpc) is 3.12. The van der Waals surface area contributed by atoms with E-state index < -0.39 is 0 Å². The molecule has 0 aliphatic carbocycles. The Morgan fingerprint density at radius 3 is 2.93 bits per heavy atom. The summed E-state index contributed by atoms with van der Waals surface area (Å²) in [6.07, 6.45) is 3.98. The minimum absolute atomic E-state index is 0. The number of H-pyrrole nitrogens is 1. The summed E-state index contributed by atoms with van der Waals surface area (Å²) in [4.78, 5) is 7.79. The van der Waals surface area contributed by atoms with Gasteiger partial charge in [0.15, 0.2) is 5.96 Å².